The summed E-state index contributed by atoms with van der Waals surface area (Å²) in [6, 6.07) is 3.27. The summed E-state index contributed by atoms with van der Waals surface area (Å²) in [5.41, 5.74) is 5.89. The van der Waals surface area contributed by atoms with E-state index in [0.717, 1.165) is 25.9 Å². The van der Waals surface area contributed by atoms with Gasteiger partial charge in [0.2, 0.25) is 0 Å². The molecule has 0 radical (unpaired) electrons. The molecule has 1 fully saturated rings. The van der Waals surface area contributed by atoms with Gasteiger partial charge in [0, 0.05) is 18.6 Å². The van der Waals surface area contributed by atoms with Gasteiger partial charge < -0.3 is 15.4 Å². The van der Waals surface area contributed by atoms with Crippen LogP contribution in [0.3, 0.4) is 0 Å². The lowest BCUT2D eigenvalue weighted by atomic mass is 9.91. The Morgan fingerprint density at radius 1 is 1.36 bits per heavy atom. The van der Waals surface area contributed by atoms with Gasteiger partial charge in [-0.3, -0.25) is 0 Å². The summed E-state index contributed by atoms with van der Waals surface area (Å²) in [5, 5.41) is 0.291. The van der Waals surface area contributed by atoms with Crippen molar-refractivity contribution < 1.29 is 9.53 Å². The number of hydrogen-bond acceptors (Lipinski definition) is 5. The SMILES string of the molecule is CC1(N)CCN(c2cc(C(=O)OC(C)(C)C)cc(Cl)n2)CC1. The van der Waals surface area contributed by atoms with Gasteiger partial charge in [0.15, 0.2) is 0 Å². The van der Waals surface area contributed by atoms with Crippen molar-refractivity contribution in [3.05, 3.63) is 22.8 Å². The molecule has 1 aliphatic heterocycles. The van der Waals surface area contributed by atoms with Crippen molar-refractivity contribution in [3.8, 4) is 0 Å². The average Bonchev–Trinajstić information content (AvgIpc) is 2.35. The topological polar surface area (TPSA) is 68.5 Å². The molecule has 1 aromatic heterocycles. The summed E-state index contributed by atoms with van der Waals surface area (Å²) < 4.78 is 5.39. The highest BCUT2D eigenvalue weighted by molar-refractivity contribution is 6.29. The van der Waals surface area contributed by atoms with E-state index in [1.807, 2.05) is 20.8 Å². The van der Waals surface area contributed by atoms with Crippen LogP contribution in [0.2, 0.25) is 5.15 Å². The van der Waals surface area contributed by atoms with Crippen LogP contribution in [0.1, 0.15) is 50.9 Å². The molecule has 0 spiro atoms. The van der Waals surface area contributed by atoms with Crippen molar-refractivity contribution in [2.75, 3.05) is 18.0 Å². The van der Waals surface area contributed by atoms with E-state index in [0.29, 0.717) is 16.5 Å². The van der Waals surface area contributed by atoms with E-state index in [1.54, 1.807) is 6.07 Å². The van der Waals surface area contributed by atoms with Crippen molar-refractivity contribution in [2.45, 2.75) is 51.7 Å². The summed E-state index contributed by atoms with van der Waals surface area (Å²) in [7, 11) is 0. The highest BCUT2D eigenvalue weighted by Gasteiger charge is 2.27. The Morgan fingerprint density at radius 3 is 2.50 bits per heavy atom. The number of hydrogen-bond donors (Lipinski definition) is 1. The molecule has 5 nitrogen and oxygen atoms in total. The van der Waals surface area contributed by atoms with Gasteiger partial charge in [0.1, 0.15) is 16.6 Å². The number of esters is 1. The highest BCUT2D eigenvalue weighted by Crippen LogP contribution is 2.26. The summed E-state index contributed by atoms with van der Waals surface area (Å²) in [6.45, 7) is 9.16. The Morgan fingerprint density at radius 2 is 1.95 bits per heavy atom. The second kappa shape index (κ2) is 6.05. The second-order valence-electron chi connectivity index (χ2n) is 7.18. The molecular weight excluding hydrogens is 302 g/mol. The van der Waals surface area contributed by atoms with Gasteiger partial charge in [0.05, 0.1) is 5.56 Å². The third-order valence-electron chi connectivity index (χ3n) is 3.64. The van der Waals surface area contributed by atoms with E-state index in [9.17, 15) is 4.79 Å². The fourth-order valence-corrected chi connectivity index (χ4v) is 2.55. The molecule has 22 heavy (non-hydrogen) atoms. The lowest BCUT2D eigenvalue weighted by Gasteiger charge is -2.37. The minimum atomic E-state index is -0.542. The third kappa shape index (κ3) is 4.58. The molecule has 2 N–H and O–H groups in total. The predicted molar refractivity (Wildman–Crippen MR) is 88.5 cm³/mol. The Balaban J connectivity index is 2.19. The maximum Gasteiger partial charge on any atom is 0.338 e. The summed E-state index contributed by atoms with van der Waals surface area (Å²) in [5.74, 6) is 0.308. The van der Waals surface area contributed by atoms with Crippen LogP contribution in [0.25, 0.3) is 0 Å². The molecule has 0 unspecified atom stereocenters. The molecule has 2 rings (SSSR count). The Bertz CT molecular complexity index is 557. The number of carbonyl (C=O) groups excluding carboxylic acids is 1. The number of pyridine rings is 1. The molecule has 1 aliphatic rings. The number of aromatic nitrogens is 1. The van der Waals surface area contributed by atoms with Crippen LogP contribution in [0.15, 0.2) is 12.1 Å². The second-order valence-corrected chi connectivity index (χ2v) is 7.57. The van der Waals surface area contributed by atoms with Crippen molar-refractivity contribution in [2.24, 2.45) is 5.73 Å². The highest BCUT2D eigenvalue weighted by atomic mass is 35.5. The standard InChI is InChI=1S/C16H24ClN3O2/c1-15(2,3)22-14(21)11-9-12(17)19-13(10-11)20-7-5-16(4,18)6-8-20/h9-10H,5-8,18H2,1-4H3. The first-order valence-corrected chi connectivity index (χ1v) is 7.88. The van der Waals surface area contributed by atoms with E-state index in [-0.39, 0.29) is 5.54 Å². The summed E-state index contributed by atoms with van der Waals surface area (Å²) in [4.78, 5) is 18.6. The molecule has 2 heterocycles. The number of rotatable bonds is 2. The largest absolute Gasteiger partial charge is 0.456 e. The van der Waals surface area contributed by atoms with E-state index in [1.165, 1.54) is 6.07 Å². The normalized spacial score (nSPS) is 18.2. The van der Waals surface area contributed by atoms with Crippen LogP contribution < -0.4 is 10.6 Å². The van der Waals surface area contributed by atoms with Crippen molar-refractivity contribution in [1.82, 2.24) is 4.98 Å². The fraction of sp³-hybridized carbons (Fsp3) is 0.625. The Kier molecular flexibility index (Phi) is 4.68. The Hall–Kier alpha value is -1.33. The Labute approximate surface area is 136 Å². The van der Waals surface area contributed by atoms with Crippen LogP contribution in [-0.4, -0.2) is 35.2 Å². The van der Waals surface area contributed by atoms with E-state index >= 15 is 0 Å². The fourth-order valence-electron chi connectivity index (χ4n) is 2.35. The van der Waals surface area contributed by atoms with Crippen LogP contribution in [-0.2, 0) is 4.74 Å². The quantitative estimate of drug-likeness (QED) is 0.668. The number of halogens is 1. The van der Waals surface area contributed by atoms with Gasteiger partial charge in [-0.25, -0.2) is 9.78 Å². The van der Waals surface area contributed by atoms with Gasteiger partial charge >= 0.3 is 5.97 Å². The van der Waals surface area contributed by atoms with Gasteiger partial charge in [-0.2, -0.15) is 0 Å². The van der Waals surface area contributed by atoms with Crippen LogP contribution in [0.4, 0.5) is 5.82 Å². The lowest BCUT2D eigenvalue weighted by molar-refractivity contribution is 0.00694. The molecule has 122 valence electrons. The van der Waals surface area contributed by atoms with Crippen molar-refractivity contribution >= 4 is 23.4 Å². The number of nitrogens with two attached hydrogens (primary N) is 1. The van der Waals surface area contributed by atoms with E-state index < -0.39 is 11.6 Å². The van der Waals surface area contributed by atoms with E-state index in [4.69, 9.17) is 22.1 Å². The van der Waals surface area contributed by atoms with Crippen molar-refractivity contribution in [1.29, 1.82) is 0 Å². The molecule has 0 atom stereocenters. The van der Waals surface area contributed by atoms with Gasteiger partial charge in [-0.1, -0.05) is 11.6 Å². The molecule has 0 amide bonds. The lowest BCUT2D eigenvalue weighted by Crippen LogP contribution is -2.48. The number of nitrogens with zero attached hydrogens (tertiary/aromatic N) is 2. The molecule has 0 aliphatic carbocycles. The maximum absolute atomic E-state index is 12.2. The molecular formula is C16H24ClN3O2. The molecule has 0 saturated carbocycles. The predicted octanol–water partition coefficient (Wildman–Crippen LogP) is 3.01. The molecule has 1 aromatic rings. The average molecular weight is 326 g/mol. The number of anilines is 1. The smallest absolute Gasteiger partial charge is 0.338 e. The number of piperidine rings is 1. The number of ether oxygens (including phenoxy) is 1. The zero-order valence-corrected chi connectivity index (χ0v) is 14.4. The molecule has 1 saturated heterocycles. The third-order valence-corrected chi connectivity index (χ3v) is 3.84. The maximum atomic E-state index is 12.2. The van der Waals surface area contributed by atoms with Crippen molar-refractivity contribution in [3.63, 3.8) is 0 Å². The van der Waals surface area contributed by atoms with Gasteiger partial charge in [-0.05, 0) is 52.7 Å². The van der Waals surface area contributed by atoms with Crippen LogP contribution >= 0.6 is 11.6 Å². The molecule has 6 heteroatoms. The molecule has 0 bridgehead atoms. The summed E-state index contributed by atoms with van der Waals surface area (Å²) in [6.07, 6.45) is 1.76. The monoisotopic (exact) mass is 325 g/mol. The molecule has 0 aromatic carbocycles. The first-order valence-electron chi connectivity index (χ1n) is 7.51. The van der Waals surface area contributed by atoms with Gasteiger partial charge in [0.25, 0.3) is 0 Å². The first kappa shape index (κ1) is 17.0. The van der Waals surface area contributed by atoms with E-state index in [2.05, 4.69) is 16.8 Å². The zero-order valence-electron chi connectivity index (χ0n) is 13.6. The first-order chi connectivity index (χ1) is 10.1. The number of carbonyl (C=O) groups is 1. The van der Waals surface area contributed by atoms with Gasteiger partial charge in [-0.15, -0.1) is 0 Å². The zero-order chi connectivity index (χ0) is 16.5. The minimum Gasteiger partial charge on any atom is -0.456 e. The summed E-state index contributed by atoms with van der Waals surface area (Å²) >= 11 is 6.07. The minimum absolute atomic E-state index is 0.136. The van der Waals surface area contributed by atoms with Crippen LogP contribution in [0.5, 0.6) is 0 Å². The van der Waals surface area contributed by atoms with Crippen LogP contribution in [0, 0.1) is 0 Å².